The monoisotopic (exact) mass is 249 g/mol. The summed E-state index contributed by atoms with van der Waals surface area (Å²) >= 11 is 0. The van der Waals surface area contributed by atoms with E-state index in [-0.39, 0.29) is 11.9 Å². The third-order valence-corrected chi connectivity index (χ3v) is 3.40. The van der Waals surface area contributed by atoms with Crippen molar-refractivity contribution in [1.82, 2.24) is 0 Å². The van der Waals surface area contributed by atoms with Crippen LogP contribution in [0.5, 0.6) is 0 Å². The zero-order valence-corrected chi connectivity index (χ0v) is 10.8. The van der Waals surface area contributed by atoms with E-state index in [1.165, 1.54) is 0 Å². The molecule has 0 aliphatic carbocycles. The van der Waals surface area contributed by atoms with E-state index in [0.717, 1.165) is 16.8 Å². The first-order chi connectivity index (χ1) is 9.27. The van der Waals surface area contributed by atoms with Crippen molar-refractivity contribution in [2.24, 2.45) is 0 Å². The van der Waals surface area contributed by atoms with Gasteiger partial charge in [-0.25, -0.2) is 0 Å². The quantitative estimate of drug-likeness (QED) is 0.753. The smallest absolute Gasteiger partial charge is 0.258 e. The highest BCUT2D eigenvalue weighted by Crippen LogP contribution is 2.29. The lowest BCUT2D eigenvalue weighted by Crippen LogP contribution is -2.39. The van der Waals surface area contributed by atoms with Gasteiger partial charge in [-0.1, -0.05) is 48.6 Å². The van der Waals surface area contributed by atoms with Gasteiger partial charge in [0, 0.05) is 5.56 Å². The third kappa shape index (κ3) is 2.06. The Labute approximate surface area is 113 Å². The second-order valence-electron chi connectivity index (χ2n) is 4.70. The average Bonchev–Trinajstić information content (AvgIpc) is 2.47. The molecule has 94 valence electrons. The van der Waals surface area contributed by atoms with Crippen LogP contribution < -0.4 is 4.90 Å². The lowest BCUT2D eigenvalue weighted by Gasteiger charge is -2.31. The standard InChI is InChI=1S/C17H15NO/c1-13-11-12-14-7-5-6-10-16(14)18(13)17(19)15-8-3-2-4-9-15/h2-13H,1H3/t13-/m0/s1. The number of hydrogen-bond donors (Lipinski definition) is 0. The molecule has 3 rings (SSSR count). The molecular weight excluding hydrogens is 234 g/mol. The molecule has 19 heavy (non-hydrogen) atoms. The Morgan fingerprint density at radius 1 is 1.00 bits per heavy atom. The molecule has 1 aliphatic rings. The van der Waals surface area contributed by atoms with Crippen molar-refractivity contribution in [1.29, 1.82) is 0 Å². The van der Waals surface area contributed by atoms with Gasteiger partial charge in [0.1, 0.15) is 0 Å². The van der Waals surface area contributed by atoms with Crippen LogP contribution in [0.2, 0.25) is 0 Å². The molecule has 1 amide bonds. The highest BCUT2D eigenvalue weighted by Gasteiger charge is 2.25. The molecule has 1 atom stereocenters. The van der Waals surface area contributed by atoms with Crippen molar-refractivity contribution < 1.29 is 4.79 Å². The van der Waals surface area contributed by atoms with Gasteiger partial charge in [0.25, 0.3) is 5.91 Å². The predicted octanol–water partition coefficient (Wildman–Crippen LogP) is 3.75. The van der Waals surface area contributed by atoms with E-state index in [0.29, 0.717) is 0 Å². The maximum Gasteiger partial charge on any atom is 0.258 e. The van der Waals surface area contributed by atoms with Gasteiger partial charge >= 0.3 is 0 Å². The third-order valence-electron chi connectivity index (χ3n) is 3.40. The second kappa shape index (κ2) is 4.73. The van der Waals surface area contributed by atoms with E-state index in [9.17, 15) is 4.79 Å². The maximum atomic E-state index is 12.7. The van der Waals surface area contributed by atoms with Crippen LogP contribution in [0.3, 0.4) is 0 Å². The molecule has 0 fully saturated rings. The lowest BCUT2D eigenvalue weighted by atomic mass is 10.0. The molecule has 1 heterocycles. The van der Waals surface area contributed by atoms with E-state index in [1.807, 2.05) is 66.4 Å². The first-order valence-corrected chi connectivity index (χ1v) is 6.43. The van der Waals surface area contributed by atoms with Gasteiger partial charge < -0.3 is 4.90 Å². The van der Waals surface area contributed by atoms with E-state index in [1.54, 1.807) is 0 Å². The summed E-state index contributed by atoms with van der Waals surface area (Å²) in [5.41, 5.74) is 2.79. The summed E-state index contributed by atoms with van der Waals surface area (Å²) in [7, 11) is 0. The number of fused-ring (bicyclic) bond motifs is 1. The van der Waals surface area contributed by atoms with Gasteiger partial charge in [0.15, 0.2) is 0 Å². The molecule has 0 radical (unpaired) electrons. The minimum atomic E-state index is 0.0462. The molecule has 0 saturated heterocycles. The number of rotatable bonds is 1. The van der Waals surface area contributed by atoms with Crippen LogP contribution in [-0.4, -0.2) is 11.9 Å². The van der Waals surface area contributed by atoms with Crippen molar-refractivity contribution in [3.63, 3.8) is 0 Å². The Balaban J connectivity index is 2.05. The second-order valence-corrected chi connectivity index (χ2v) is 4.70. The number of amides is 1. The number of benzene rings is 2. The van der Waals surface area contributed by atoms with Crippen molar-refractivity contribution in [3.05, 3.63) is 71.8 Å². The van der Waals surface area contributed by atoms with Gasteiger partial charge in [-0.15, -0.1) is 0 Å². The predicted molar refractivity (Wildman–Crippen MR) is 78.2 cm³/mol. The molecular formula is C17H15NO. The zero-order chi connectivity index (χ0) is 13.2. The van der Waals surface area contributed by atoms with Crippen LogP contribution in [0.1, 0.15) is 22.8 Å². The first kappa shape index (κ1) is 11.7. The van der Waals surface area contributed by atoms with Gasteiger partial charge in [-0.3, -0.25) is 4.79 Å². The van der Waals surface area contributed by atoms with Crippen molar-refractivity contribution >= 4 is 17.7 Å². The minimum absolute atomic E-state index is 0.0462. The molecule has 0 N–H and O–H groups in total. The van der Waals surface area contributed by atoms with Gasteiger partial charge in [0.05, 0.1) is 11.7 Å². The van der Waals surface area contributed by atoms with E-state index < -0.39 is 0 Å². The van der Waals surface area contributed by atoms with Crippen LogP contribution in [0.15, 0.2) is 60.7 Å². The summed E-state index contributed by atoms with van der Waals surface area (Å²) < 4.78 is 0. The van der Waals surface area contributed by atoms with E-state index in [4.69, 9.17) is 0 Å². The highest BCUT2D eigenvalue weighted by molar-refractivity contribution is 6.08. The topological polar surface area (TPSA) is 20.3 Å². The summed E-state index contributed by atoms with van der Waals surface area (Å²) in [6.45, 7) is 2.04. The fourth-order valence-electron chi connectivity index (χ4n) is 2.41. The molecule has 2 heteroatoms. The fraction of sp³-hybridized carbons (Fsp3) is 0.118. The number of para-hydroxylation sites is 1. The average molecular weight is 249 g/mol. The number of anilines is 1. The molecule has 2 aromatic carbocycles. The van der Waals surface area contributed by atoms with Crippen LogP contribution >= 0.6 is 0 Å². The molecule has 1 aliphatic heterocycles. The van der Waals surface area contributed by atoms with Crippen LogP contribution in [0.25, 0.3) is 6.08 Å². The van der Waals surface area contributed by atoms with Gasteiger partial charge in [-0.2, -0.15) is 0 Å². The van der Waals surface area contributed by atoms with Crippen LogP contribution in [0, 0.1) is 0 Å². The Kier molecular flexibility index (Phi) is 2.92. The van der Waals surface area contributed by atoms with Crippen molar-refractivity contribution in [3.8, 4) is 0 Å². The maximum absolute atomic E-state index is 12.7. The van der Waals surface area contributed by atoms with E-state index >= 15 is 0 Å². The zero-order valence-electron chi connectivity index (χ0n) is 10.8. The Morgan fingerprint density at radius 2 is 1.68 bits per heavy atom. The largest absolute Gasteiger partial charge is 0.301 e. The molecule has 0 spiro atoms. The summed E-state index contributed by atoms with van der Waals surface area (Å²) in [4.78, 5) is 14.5. The normalized spacial score (nSPS) is 17.1. The minimum Gasteiger partial charge on any atom is -0.301 e. The molecule has 0 bridgehead atoms. The van der Waals surface area contributed by atoms with E-state index in [2.05, 4.69) is 12.2 Å². The van der Waals surface area contributed by atoms with Gasteiger partial charge in [0.2, 0.25) is 0 Å². The number of carbonyl (C=O) groups is 1. The molecule has 0 unspecified atom stereocenters. The van der Waals surface area contributed by atoms with Gasteiger partial charge in [-0.05, 0) is 30.7 Å². The number of nitrogens with zero attached hydrogens (tertiary/aromatic N) is 1. The lowest BCUT2D eigenvalue weighted by molar-refractivity contribution is 0.0982. The first-order valence-electron chi connectivity index (χ1n) is 6.43. The summed E-state index contributed by atoms with van der Waals surface area (Å²) in [6, 6.07) is 17.5. The highest BCUT2D eigenvalue weighted by atomic mass is 16.2. The molecule has 0 saturated carbocycles. The SMILES string of the molecule is C[C@H]1C=Cc2ccccc2N1C(=O)c1ccccc1. The van der Waals surface area contributed by atoms with Crippen LogP contribution in [-0.2, 0) is 0 Å². The molecule has 2 aromatic rings. The Hall–Kier alpha value is -2.35. The molecule has 2 nitrogen and oxygen atoms in total. The Bertz CT molecular complexity index is 631. The Morgan fingerprint density at radius 3 is 2.47 bits per heavy atom. The summed E-state index contributed by atoms with van der Waals surface area (Å²) in [5, 5.41) is 0. The molecule has 0 aromatic heterocycles. The summed E-state index contributed by atoms with van der Waals surface area (Å²) in [6.07, 6.45) is 4.14. The number of carbonyl (C=O) groups excluding carboxylic acids is 1. The van der Waals surface area contributed by atoms with Crippen molar-refractivity contribution in [2.45, 2.75) is 13.0 Å². The summed E-state index contributed by atoms with van der Waals surface area (Å²) in [5.74, 6) is 0.0462. The fourth-order valence-corrected chi connectivity index (χ4v) is 2.41. The van der Waals surface area contributed by atoms with Crippen molar-refractivity contribution in [2.75, 3.05) is 4.90 Å². The number of hydrogen-bond acceptors (Lipinski definition) is 1. The van der Waals surface area contributed by atoms with Crippen LogP contribution in [0.4, 0.5) is 5.69 Å².